The number of ether oxygens (including phenoxy) is 1. The van der Waals surface area contributed by atoms with Gasteiger partial charge < -0.3 is 9.64 Å². The Hall–Kier alpha value is -0.450. The molecule has 2 unspecified atom stereocenters. The first-order valence-corrected chi connectivity index (χ1v) is 8.15. The molecule has 2 aliphatic heterocycles. The quantitative estimate of drug-likeness (QED) is 0.782. The van der Waals surface area contributed by atoms with Crippen molar-refractivity contribution in [1.29, 1.82) is 0 Å². The lowest BCUT2D eigenvalue weighted by Crippen LogP contribution is -2.45. The molecule has 1 saturated carbocycles. The zero-order valence-corrected chi connectivity index (χ0v) is 12.9. The molecule has 3 rings (SSSR count). The van der Waals surface area contributed by atoms with Crippen molar-refractivity contribution < 1.29 is 9.53 Å². The van der Waals surface area contributed by atoms with E-state index in [1.165, 1.54) is 6.42 Å². The average Bonchev–Trinajstić information content (AvgIpc) is 3.01. The van der Waals surface area contributed by atoms with Gasteiger partial charge in [-0.3, -0.25) is 9.69 Å². The molecule has 2 saturated heterocycles. The molecule has 20 heavy (non-hydrogen) atoms. The summed E-state index contributed by atoms with van der Waals surface area (Å²) in [4.78, 5) is 17.4. The molecule has 4 heteroatoms. The molecule has 0 aromatic heterocycles. The van der Waals surface area contributed by atoms with Crippen molar-refractivity contribution in [2.45, 2.75) is 39.2 Å². The van der Waals surface area contributed by atoms with Crippen LogP contribution >= 0.6 is 0 Å². The van der Waals surface area contributed by atoms with Gasteiger partial charge in [0.05, 0.1) is 13.2 Å². The number of morpholine rings is 1. The van der Waals surface area contributed by atoms with E-state index in [4.69, 9.17) is 4.74 Å². The molecule has 0 aromatic carbocycles. The van der Waals surface area contributed by atoms with Crippen LogP contribution in [-0.2, 0) is 9.53 Å². The van der Waals surface area contributed by atoms with Gasteiger partial charge >= 0.3 is 0 Å². The number of carbonyl (C=O) groups excluding carboxylic acids is 1. The molecule has 0 radical (unpaired) electrons. The second kappa shape index (κ2) is 5.74. The van der Waals surface area contributed by atoms with Gasteiger partial charge in [-0.05, 0) is 25.8 Å². The topological polar surface area (TPSA) is 32.8 Å². The Morgan fingerprint density at radius 1 is 1.20 bits per heavy atom. The van der Waals surface area contributed by atoms with E-state index < -0.39 is 0 Å². The van der Waals surface area contributed by atoms with Gasteiger partial charge in [-0.15, -0.1) is 0 Å². The molecule has 0 N–H and O–H groups in total. The molecule has 2 atom stereocenters. The molecule has 0 amide bonds. The number of carbonyl (C=O) groups is 1. The summed E-state index contributed by atoms with van der Waals surface area (Å²) in [7, 11) is 0. The third-order valence-corrected chi connectivity index (χ3v) is 5.44. The average molecular weight is 280 g/mol. The first-order chi connectivity index (χ1) is 9.56. The van der Waals surface area contributed by atoms with Crippen LogP contribution in [0.1, 0.15) is 33.1 Å². The molecule has 3 aliphatic rings. The van der Waals surface area contributed by atoms with Crippen molar-refractivity contribution >= 4 is 5.78 Å². The molecule has 2 heterocycles. The Kier molecular flexibility index (Phi) is 4.16. The third-order valence-electron chi connectivity index (χ3n) is 5.44. The Bertz CT molecular complexity index is 363. The highest BCUT2D eigenvalue weighted by molar-refractivity contribution is 5.88. The molecule has 0 spiro atoms. The number of nitrogens with zero attached hydrogens (tertiary/aromatic N) is 2. The summed E-state index contributed by atoms with van der Waals surface area (Å²) in [6.07, 6.45) is 3.41. The van der Waals surface area contributed by atoms with E-state index in [-0.39, 0.29) is 11.3 Å². The van der Waals surface area contributed by atoms with Crippen molar-refractivity contribution in [2.24, 2.45) is 11.3 Å². The number of hydrogen-bond donors (Lipinski definition) is 0. The lowest BCUT2D eigenvalue weighted by Gasteiger charge is -2.32. The van der Waals surface area contributed by atoms with Gasteiger partial charge in [0.2, 0.25) is 0 Å². The monoisotopic (exact) mass is 280 g/mol. The van der Waals surface area contributed by atoms with Gasteiger partial charge in [-0.1, -0.05) is 13.8 Å². The summed E-state index contributed by atoms with van der Waals surface area (Å²) in [6, 6.07) is 0.684. The normalized spacial score (nSPS) is 35.8. The van der Waals surface area contributed by atoms with E-state index in [2.05, 4.69) is 23.6 Å². The van der Waals surface area contributed by atoms with Gasteiger partial charge in [-0.25, -0.2) is 0 Å². The Labute approximate surface area is 122 Å². The van der Waals surface area contributed by atoms with Crippen molar-refractivity contribution in [1.82, 2.24) is 9.80 Å². The molecule has 1 aliphatic carbocycles. The molecule has 0 aromatic rings. The van der Waals surface area contributed by atoms with Crippen LogP contribution in [-0.4, -0.2) is 67.6 Å². The minimum Gasteiger partial charge on any atom is -0.379 e. The minimum absolute atomic E-state index is 0.0754. The fourth-order valence-corrected chi connectivity index (χ4v) is 4.05. The molecular formula is C16H28N2O2. The fraction of sp³-hybridized carbons (Fsp3) is 0.938. The first kappa shape index (κ1) is 14.5. The van der Waals surface area contributed by atoms with Crippen molar-refractivity contribution in [3.8, 4) is 0 Å². The van der Waals surface area contributed by atoms with Crippen LogP contribution in [0, 0.1) is 11.3 Å². The second-order valence-electron chi connectivity index (χ2n) is 7.33. The Balaban J connectivity index is 1.49. The Morgan fingerprint density at radius 2 is 1.95 bits per heavy atom. The van der Waals surface area contributed by atoms with Crippen LogP contribution in [0.15, 0.2) is 0 Å². The SMILES string of the molecule is CC1(C)CCC(CN2CCC(N3CCOCC3)C2)C1=O. The lowest BCUT2D eigenvalue weighted by molar-refractivity contribution is -0.127. The van der Waals surface area contributed by atoms with Crippen molar-refractivity contribution in [2.75, 3.05) is 45.9 Å². The number of likely N-dealkylation sites (tertiary alicyclic amines) is 1. The van der Waals surface area contributed by atoms with E-state index in [9.17, 15) is 4.79 Å². The van der Waals surface area contributed by atoms with E-state index in [0.29, 0.717) is 11.8 Å². The zero-order valence-electron chi connectivity index (χ0n) is 12.9. The summed E-state index contributed by atoms with van der Waals surface area (Å²) >= 11 is 0. The highest BCUT2D eigenvalue weighted by atomic mass is 16.5. The molecular weight excluding hydrogens is 252 g/mol. The van der Waals surface area contributed by atoms with Crippen LogP contribution in [0.3, 0.4) is 0 Å². The summed E-state index contributed by atoms with van der Waals surface area (Å²) < 4.78 is 5.43. The molecule has 4 nitrogen and oxygen atoms in total. The number of Topliss-reactive ketones (excluding diaryl/α,β-unsaturated/α-hetero) is 1. The van der Waals surface area contributed by atoms with Crippen LogP contribution in [0.5, 0.6) is 0 Å². The van der Waals surface area contributed by atoms with E-state index >= 15 is 0 Å². The van der Waals surface area contributed by atoms with Gasteiger partial charge in [0.15, 0.2) is 0 Å². The van der Waals surface area contributed by atoms with Crippen molar-refractivity contribution in [3.63, 3.8) is 0 Å². The van der Waals surface area contributed by atoms with Crippen molar-refractivity contribution in [3.05, 3.63) is 0 Å². The highest BCUT2D eigenvalue weighted by Crippen LogP contribution is 2.38. The van der Waals surface area contributed by atoms with Gasteiger partial charge in [-0.2, -0.15) is 0 Å². The maximum atomic E-state index is 12.3. The van der Waals surface area contributed by atoms with Crippen LogP contribution in [0.25, 0.3) is 0 Å². The fourth-order valence-electron chi connectivity index (χ4n) is 4.05. The maximum absolute atomic E-state index is 12.3. The number of rotatable bonds is 3. The number of ketones is 1. The highest BCUT2D eigenvalue weighted by Gasteiger charge is 2.41. The maximum Gasteiger partial charge on any atom is 0.142 e. The second-order valence-corrected chi connectivity index (χ2v) is 7.33. The van der Waals surface area contributed by atoms with Crippen LogP contribution in [0.4, 0.5) is 0 Å². The van der Waals surface area contributed by atoms with Crippen LogP contribution < -0.4 is 0 Å². The molecule has 114 valence electrons. The van der Waals surface area contributed by atoms with E-state index in [1.54, 1.807) is 0 Å². The standard InChI is InChI=1S/C16H28N2O2/c1-16(2)5-3-13(15(16)19)11-17-6-4-14(12-17)18-7-9-20-10-8-18/h13-14H,3-12H2,1-2H3. The van der Waals surface area contributed by atoms with E-state index in [1.807, 2.05) is 0 Å². The minimum atomic E-state index is -0.0754. The molecule has 3 fully saturated rings. The van der Waals surface area contributed by atoms with Gasteiger partial charge in [0.25, 0.3) is 0 Å². The predicted octanol–water partition coefficient (Wildman–Crippen LogP) is 1.40. The summed E-state index contributed by atoms with van der Waals surface area (Å²) in [5.74, 6) is 0.778. The summed E-state index contributed by atoms with van der Waals surface area (Å²) in [5, 5.41) is 0. The smallest absolute Gasteiger partial charge is 0.142 e. The predicted molar refractivity (Wildman–Crippen MR) is 78.7 cm³/mol. The Morgan fingerprint density at radius 3 is 2.60 bits per heavy atom. The van der Waals surface area contributed by atoms with Gasteiger partial charge in [0.1, 0.15) is 5.78 Å². The van der Waals surface area contributed by atoms with Crippen LogP contribution in [0.2, 0.25) is 0 Å². The summed E-state index contributed by atoms with van der Waals surface area (Å²) in [5.41, 5.74) is -0.0754. The number of hydrogen-bond acceptors (Lipinski definition) is 4. The lowest BCUT2D eigenvalue weighted by atomic mass is 9.89. The first-order valence-electron chi connectivity index (χ1n) is 8.15. The molecule has 0 bridgehead atoms. The van der Waals surface area contributed by atoms with E-state index in [0.717, 1.165) is 58.8 Å². The van der Waals surface area contributed by atoms with Gasteiger partial charge in [0, 0.05) is 43.6 Å². The largest absolute Gasteiger partial charge is 0.379 e. The zero-order chi connectivity index (χ0) is 14.2. The third kappa shape index (κ3) is 2.92. The summed E-state index contributed by atoms with van der Waals surface area (Å²) in [6.45, 7) is 11.4.